The Bertz CT molecular complexity index is 1130. The number of rotatable bonds is 5. The van der Waals surface area contributed by atoms with E-state index in [-0.39, 0.29) is 4.90 Å². The van der Waals surface area contributed by atoms with Crippen LogP contribution in [0.2, 0.25) is 0 Å². The zero-order valence-electron chi connectivity index (χ0n) is 16.0. The monoisotopic (exact) mass is 475 g/mol. The number of hydrogen-bond acceptors (Lipinski definition) is 6. The third kappa shape index (κ3) is 4.36. The number of hydrogen-bond donors (Lipinski definition) is 1. The molecule has 1 fully saturated rings. The van der Waals surface area contributed by atoms with Crippen molar-refractivity contribution in [2.24, 2.45) is 0 Å². The SMILES string of the molecule is CN1CCN(c2nc(NS(=O)(=O)c3cccc(CBr)c3)c3ccccc3n2)CC1. The van der Waals surface area contributed by atoms with E-state index in [4.69, 9.17) is 0 Å². The predicted molar refractivity (Wildman–Crippen MR) is 119 cm³/mol. The normalized spacial score (nSPS) is 15.6. The molecule has 9 heteroatoms. The Balaban J connectivity index is 1.74. The number of para-hydroxylation sites is 1. The highest BCUT2D eigenvalue weighted by molar-refractivity contribution is 9.08. The molecule has 0 amide bonds. The largest absolute Gasteiger partial charge is 0.338 e. The van der Waals surface area contributed by atoms with Crippen LogP contribution in [0.4, 0.5) is 11.8 Å². The zero-order chi connectivity index (χ0) is 20.4. The van der Waals surface area contributed by atoms with E-state index in [0.29, 0.717) is 28.0 Å². The first kappa shape index (κ1) is 20.1. The number of nitrogens with one attached hydrogen (secondary N) is 1. The minimum Gasteiger partial charge on any atom is -0.338 e. The maximum atomic E-state index is 13.0. The number of piperazine rings is 1. The van der Waals surface area contributed by atoms with Crippen molar-refractivity contribution in [2.75, 3.05) is 42.8 Å². The second-order valence-electron chi connectivity index (χ2n) is 7.07. The van der Waals surface area contributed by atoms with Gasteiger partial charge in [-0.25, -0.2) is 13.4 Å². The summed E-state index contributed by atoms with van der Waals surface area (Å²) in [7, 11) is -1.70. The first-order valence-corrected chi connectivity index (χ1v) is 11.9. The van der Waals surface area contributed by atoms with Crippen molar-refractivity contribution in [1.29, 1.82) is 0 Å². The number of anilines is 2. The summed E-state index contributed by atoms with van der Waals surface area (Å²) in [6, 6.07) is 14.3. The molecule has 152 valence electrons. The standard InChI is InChI=1S/C20H22BrN5O2S/c1-25-9-11-26(12-10-25)20-22-18-8-3-2-7-17(18)19(23-20)24-29(27,28)16-6-4-5-15(13-16)14-21/h2-8,13H,9-12,14H2,1H3,(H,22,23,24). The second kappa shape index (κ2) is 8.25. The van der Waals surface area contributed by atoms with Crippen molar-refractivity contribution in [1.82, 2.24) is 14.9 Å². The summed E-state index contributed by atoms with van der Waals surface area (Å²) >= 11 is 3.37. The molecule has 7 nitrogen and oxygen atoms in total. The molecule has 0 bridgehead atoms. The van der Waals surface area contributed by atoms with Gasteiger partial charge in [-0.15, -0.1) is 0 Å². The van der Waals surface area contributed by atoms with E-state index in [1.165, 1.54) is 0 Å². The number of fused-ring (bicyclic) bond motifs is 1. The van der Waals surface area contributed by atoms with Gasteiger partial charge in [0.15, 0.2) is 5.82 Å². The van der Waals surface area contributed by atoms with E-state index in [1.54, 1.807) is 18.2 Å². The molecule has 4 rings (SSSR count). The van der Waals surface area contributed by atoms with Crippen molar-refractivity contribution < 1.29 is 8.42 Å². The van der Waals surface area contributed by atoms with E-state index in [1.807, 2.05) is 30.3 Å². The molecule has 1 saturated heterocycles. The molecule has 0 aliphatic carbocycles. The van der Waals surface area contributed by atoms with Crippen LogP contribution in [0.3, 0.4) is 0 Å². The molecular formula is C20H22BrN5O2S. The first-order chi connectivity index (χ1) is 14.0. The Labute approximate surface area is 178 Å². The molecule has 1 N–H and O–H groups in total. The lowest BCUT2D eigenvalue weighted by Gasteiger charge is -2.32. The number of aromatic nitrogens is 2. The van der Waals surface area contributed by atoms with Gasteiger partial charge in [0, 0.05) is 36.9 Å². The third-order valence-corrected chi connectivity index (χ3v) is 6.96. The average Bonchev–Trinajstić information content (AvgIpc) is 2.74. The Morgan fingerprint density at radius 3 is 2.55 bits per heavy atom. The highest BCUT2D eigenvalue weighted by Crippen LogP contribution is 2.26. The Kier molecular flexibility index (Phi) is 5.71. The van der Waals surface area contributed by atoms with Gasteiger partial charge in [-0.3, -0.25) is 4.72 Å². The Morgan fingerprint density at radius 1 is 1.03 bits per heavy atom. The Morgan fingerprint density at radius 2 is 1.79 bits per heavy atom. The fourth-order valence-electron chi connectivity index (χ4n) is 3.27. The van der Waals surface area contributed by atoms with Crippen LogP contribution in [0.5, 0.6) is 0 Å². The number of halogens is 1. The fourth-order valence-corrected chi connectivity index (χ4v) is 4.71. The predicted octanol–water partition coefficient (Wildman–Crippen LogP) is 3.08. The quantitative estimate of drug-likeness (QED) is 0.571. The summed E-state index contributed by atoms with van der Waals surface area (Å²) in [5, 5.41) is 1.26. The van der Waals surface area contributed by atoms with Crippen LogP contribution < -0.4 is 9.62 Å². The average molecular weight is 476 g/mol. The highest BCUT2D eigenvalue weighted by atomic mass is 79.9. The van der Waals surface area contributed by atoms with Gasteiger partial charge < -0.3 is 9.80 Å². The summed E-state index contributed by atoms with van der Waals surface area (Å²) in [6.07, 6.45) is 0. The maximum Gasteiger partial charge on any atom is 0.263 e. The van der Waals surface area contributed by atoms with Crippen LogP contribution in [0.15, 0.2) is 53.4 Å². The Hall–Kier alpha value is -2.23. The molecule has 0 spiro atoms. The van der Waals surface area contributed by atoms with Gasteiger partial charge in [0.2, 0.25) is 5.95 Å². The molecular weight excluding hydrogens is 454 g/mol. The lowest BCUT2D eigenvalue weighted by molar-refractivity contribution is 0.311. The van der Waals surface area contributed by atoms with Gasteiger partial charge in [0.25, 0.3) is 10.0 Å². The van der Waals surface area contributed by atoms with Crippen molar-refractivity contribution in [3.05, 3.63) is 54.1 Å². The smallest absolute Gasteiger partial charge is 0.263 e. The fraction of sp³-hybridized carbons (Fsp3) is 0.300. The number of sulfonamides is 1. The molecule has 1 aromatic heterocycles. The van der Waals surface area contributed by atoms with Gasteiger partial charge in [-0.05, 0) is 36.9 Å². The van der Waals surface area contributed by atoms with E-state index in [9.17, 15) is 8.42 Å². The van der Waals surface area contributed by atoms with Gasteiger partial charge in [0.05, 0.1) is 10.4 Å². The van der Waals surface area contributed by atoms with Crippen LogP contribution >= 0.6 is 15.9 Å². The first-order valence-electron chi connectivity index (χ1n) is 9.34. The van der Waals surface area contributed by atoms with Crippen LogP contribution in [-0.2, 0) is 15.4 Å². The molecule has 1 aliphatic heterocycles. The van der Waals surface area contributed by atoms with Crippen LogP contribution in [0.25, 0.3) is 10.9 Å². The molecule has 0 radical (unpaired) electrons. The minimum absolute atomic E-state index is 0.207. The highest BCUT2D eigenvalue weighted by Gasteiger charge is 2.21. The van der Waals surface area contributed by atoms with E-state index < -0.39 is 10.0 Å². The zero-order valence-corrected chi connectivity index (χ0v) is 18.4. The summed E-state index contributed by atoms with van der Waals surface area (Å²) in [5.74, 6) is 0.845. The molecule has 0 atom stereocenters. The lowest BCUT2D eigenvalue weighted by atomic mass is 10.2. The van der Waals surface area contributed by atoms with Crippen molar-refractivity contribution in [2.45, 2.75) is 10.2 Å². The van der Waals surface area contributed by atoms with Crippen molar-refractivity contribution in [3.8, 4) is 0 Å². The van der Waals surface area contributed by atoms with Gasteiger partial charge >= 0.3 is 0 Å². The summed E-state index contributed by atoms with van der Waals surface area (Å²) in [6.45, 7) is 3.43. The van der Waals surface area contributed by atoms with E-state index >= 15 is 0 Å². The van der Waals surface area contributed by atoms with Crippen LogP contribution in [0, 0.1) is 0 Å². The molecule has 2 heterocycles. The van der Waals surface area contributed by atoms with Crippen LogP contribution in [0.1, 0.15) is 5.56 Å². The van der Waals surface area contributed by atoms with E-state index in [0.717, 1.165) is 31.7 Å². The maximum absolute atomic E-state index is 13.0. The topological polar surface area (TPSA) is 78.4 Å². The molecule has 2 aromatic carbocycles. The summed E-state index contributed by atoms with van der Waals surface area (Å²) in [4.78, 5) is 13.8. The second-order valence-corrected chi connectivity index (χ2v) is 9.31. The molecule has 0 unspecified atom stereocenters. The molecule has 1 aliphatic rings. The van der Waals surface area contributed by atoms with Crippen molar-refractivity contribution in [3.63, 3.8) is 0 Å². The van der Waals surface area contributed by atoms with E-state index in [2.05, 4.69) is 47.5 Å². The number of benzene rings is 2. The number of nitrogens with zero attached hydrogens (tertiary/aromatic N) is 4. The van der Waals surface area contributed by atoms with Crippen LogP contribution in [-0.4, -0.2) is 56.5 Å². The molecule has 29 heavy (non-hydrogen) atoms. The van der Waals surface area contributed by atoms with Gasteiger partial charge in [-0.1, -0.05) is 40.2 Å². The number of alkyl halides is 1. The number of likely N-dealkylation sites (N-methyl/N-ethyl adjacent to an activating group) is 1. The van der Waals surface area contributed by atoms with Crippen molar-refractivity contribution >= 4 is 48.6 Å². The lowest BCUT2D eigenvalue weighted by Crippen LogP contribution is -2.45. The minimum atomic E-state index is -3.78. The summed E-state index contributed by atoms with van der Waals surface area (Å²) in [5.41, 5.74) is 1.60. The van der Waals surface area contributed by atoms with Gasteiger partial charge in [-0.2, -0.15) is 4.98 Å². The molecule has 0 saturated carbocycles. The summed E-state index contributed by atoms with van der Waals surface area (Å²) < 4.78 is 28.8. The molecule has 3 aromatic rings. The third-order valence-electron chi connectivity index (χ3n) is 4.97. The van der Waals surface area contributed by atoms with Gasteiger partial charge in [0.1, 0.15) is 0 Å².